The molecule has 16 heavy (non-hydrogen) atoms. The smallest absolute Gasteiger partial charge is 0.123 e. The molecule has 4 heteroatoms. The lowest BCUT2D eigenvalue weighted by molar-refractivity contribution is 0.415. The normalized spacial score (nSPS) is 10.4. The number of hydrogen-bond acceptors (Lipinski definition) is 4. The average molecular weight is 251 g/mol. The van der Waals surface area contributed by atoms with E-state index < -0.39 is 0 Å². The van der Waals surface area contributed by atoms with Crippen LogP contribution in [-0.4, -0.2) is 12.1 Å². The van der Waals surface area contributed by atoms with Gasteiger partial charge in [-0.2, -0.15) is 12.6 Å². The number of nitrogens with zero attached hydrogens (tertiary/aromatic N) is 1. The number of thiazole rings is 1. The van der Waals surface area contributed by atoms with Crippen molar-refractivity contribution in [3.63, 3.8) is 0 Å². The van der Waals surface area contributed by atoms with Gasteiger partial charge in [-0.15, -0.1) is 11.3 Å². The molecule has 0 bridgehead atoms. The van der Waals surface area contributed by atoms with Crippen LogP contribution in [0.5, 0.6) is 5.75 Å². The highest BCUT2D eigenvalue weighted by Crippen LogP contribution is 2.29. The Hall–Kier alpha value is -1.00. The Labute approximate surface area is 105 Å². The fourth-order valence-electron chi connectivity index (χ4n) is 1.43. The third-order valence-electron chi connectivity index (χ3n) is 2.37. The van der Waals surface area contributed by atoms with Crippen molar-refractivity contribution in [2.45, 2.75) is 12.7 Å². The largest absolute Gasteiger partial charge is 0.497 e. The van der Waals surface area contributed by atoms with Crippen LogP contribution in [0.4, 0.5) is 0 Å². The Morgan fingerprint density at radius 3 is 2.50 bits per heavy atom. The molecule has 0 spiro atoms. The minimum atomic E-state index is 0.750. The fourth-order valence-corrected chi connectivity index (χ4v) is 2.78. The van der Waals surface area contributed by atoms with E-state index in [1.807, 2.05) is 31.2 Å². The van der Waals surface area contributed by atoms with E-state index in [0.29, 0.717) is 0 Å². The first-order valence-corrected chi connectivity index (χ1v) is 6.41. The quantitative estimate of drug-likeness (QED) is 0.843. The molecular formula is C12H13NOS2. The van der Waals surface area contributed by atoms with Crippen molar-refractivity contribution < 1.29 is 4.74 Å². The highest BCUT2D eigenvalue weighted by atomic mass is 32.1. The fraction of sp³-hybridized carbons (Fsp3) is 0.250. The van der Waals surface area contributed by atoms with Gasteiger partial charge in [-0.25, -0.2) is 4.98 Å². The molecule has 1 aromatic carbocycles. The van der Waals surface area contributed by atoms with Crippen LogP contribution in [0.3, 0.4) is 0 Å². The first-order valence-electron chi connectivity index (χ1n) is 4.96. The predicted octanol–water partition coefficient (Wildman–Crippen LogP) is 3.56. The molecule has 2 rings (SSSR count). The lowest BCUT2D eigenvalue weighted by Crippen LogP contribution is -1.82. The number of methoxy groups -OCH3 is 1. The van der Waals surface area contributed by atoms with Crippen LogP contribution < -0.4 is 4.74 Å². The van der Waals surface area contributed by atoms with Gasteiger partial charge in [0.2, 0.25) is 0 Å². The molecule has 0 aliphatic carbocycles. The molecule has 0 N–H and O–H groups in total. The van der Waals surface area contributed by atoms with Crippen LogP contribution >= 0.6 is 24.0 Å². The molecule has 0 aliphatic heterocycles. The predicted molar refractivity (Wildman–Crippen MR) is 71.5 cm³/mol. The van der Waals surface area contributed by atoms with E-state index in [-0.39, 0.29) is 0 Å². The number of rotatable bonds is 3. The van der Waals surface area contributed by atoms with Crippen molar-refractivity contribution in [1.29, 1.82) is 0 Å². The van der Waals surface area contributed by atoms with Gasteiger partial charge in [0.05, 0.1) is 12.8 Å². The van der Waals surface area contributed by atoms with E-state index in [0.717, 1.165) is 27.8 Å². The minimum absolute atomic E-state index is 0.750. The average Bonchev–Trinajstić information content (AvgIpc) is 2.71. The molecule has 2 nitrogen and oxygen atoms in total. The van der Waals surface area contributed by atoms with Gasteiger partial charge in [-0.1, -0.05) is 0 Å². The molecule has 84 valence electrons. The monoisotopic (exact) mass is 251 g/mol. The van der Waals surface area contributed by atoms with Crippen LogP contribution in [0.2, 0.25) is 0 Å². The maximum absolute atomic E-state index is 5.13. The van der Waals surface area contributed by atoms with E-state index in [1.54, 1.807) is 18.4 Å². The van der Waals surface area contributed by atoms with Crippen molar-refractivity contribution in [2.24, 2.45) is 0 Å². The summed E-state index contributed by atoms with van der Waals surface area (Å²) >= 11 is 5.99. The zero-order valence-electron chi connectivity index (χ0n) is 9.23. The molecule has 0 unspecified atom stereocenters. The van der Waals surface area contributed by atoms with Crippen LogP contribution in [0.25, 0.3) is 10.6 Å². The van der Waals surface area contributed by atoms with Crippen molar-refractivity contribution >= 4 is 24.0 Å². The Kier molecular flexibility index (Phi) is 3.51. The van der Waals surface area contributed by atoms with Crippen LogP contribution in [0, 0.1) is 6.92 Å². The summed E-state index contributed by atoms with van der Waals surface area (Å²) in [5, 5.41) is 1.05. The standard InChI is InChI=1S/C12H13NOS2/c1-8-11(7-15)16-12(13-8)9-3-5-10(14-2)6-4-9/h3-6,15H,7H2,1-2H3. The third kappa shape index (κ3) is 2.23. The molecule has 0 amide bonds. The van der Waals surface area contributed by atoms with Gasteiger partial charge in [0.15, 0.2) is 0 Å². The second-order valence-electron chi connectivity index (χ2n) is 3.41. The summed E-state index contributed by atoms with van der Waals surface area (Å²) in [6, 6.07) is 7.96. The highest BCUT2D eigenvalue weighted by Gasteiger charge is 2.07. The van der Waals surface area contributed by atoms with E-state index in [1.165, 1.54) is 4.88 Å². The van der Waals surface area contributed by atoms with E-state index in [2.05, 4.69) is 17.6 Å². The molecule has 0 saturated heterocycles. The van der Waals surface area contributed by atoms with E-state index in [9.17, 15) is 0 Å². The molecule has 0 saturated carbocycles. The number of ether oxygens (including phenoxy) is 1. The summed E-state index contributed by atoms with van der Waals surface area (Å²) in [7, 11) is 1.67. The summed E-state index contributed by atoms with van der Waals surface area (Å²) in [6.07, 6.45) is 0. The summed E-state index contributed by atoms with van der Waals surface area (Å²) in [5.41, 5.74) is 2.20. The topological polar surface area (TPSA) is 22.1 Å². The van der Waals surface area contributed by atoms with Gasteiger partial charge in [0.1, 0.15) is 10.8 Å². The molecule has 0 fully saturated rings. The maximum Gasteiger partial charge on any atom is 0.123 e. The Bertz CT molecular complexity index is 476. The molecule has 0 aliphatic rings. The van der Waals surface area contributed by atoms with Gasteiger partial charge >= 0.3 is 0 Å². The summed E-state index contributed by atoms with van der Waals surface area (Å²) < 4.78 is 5.13. The van der Waals surface area contributed by atoms with Crippen molar-refractivity contribution in [2.75, 3.05) is 7.11 Å². The van der Waals surface area contributed by atoms with E-state index in [4.69, 9.17) is 4.74 Å². The van der Waals surface area contributed by atoms with Crippen molar-refractivity contribution in [3.8, 4) is 16.3 Å². The first kappa shape index (κ1) is 11.5. The summed E-state index contributed by atoms with van der Waals surface area (Å²) in [6.45, 7) is 2.02. The molecule has 0 atom stereocenters. The number of benzene rings is 1. The van der Waals surface area contributed by atoms with Crippen LogP contribution in [0.15, 0.2) is 24.3 Å². The maximum atomic E-state index is 5.13. The SMILES string of the molecule is COc1ccc(-c2nc(C)c(CS)s2)cc1. The number of hydrogen-bond donors (Lipinski definition) is 1. The van der Waals surface area contributed by atoms with Gasteiger partial charge in [0.25, 0.3) is 0 Å². The highest BCUT2D eigenvalue weighted by molar-refractivity contribution is 7.79. The molecule has 0 radical (unpaired) electrons. The van der Waals surface area contributed by atoms with Crippen LogP contribution in [0.1, 0.15) is 10.6 Å². The lowest BCUT2D eigenvalue weighted by Gasteiger charge is -1.99. The lowest BCUT2D eigenvalue weighted by atomic mass is 10.2. The first-order chi connectivity index (χ1) is 7.74. The van der Waals surface area contributed by atoms with Gasteiger partial charge < -0.3 is 4.74 Å². The van der Waals surface area contributed by atoms with Crippen molar-refractivity contribution in [3.05, 3.63) is 34.8 Å². The second-order valence-corrected chi connectivity index (χ2v) is 4.81. The second kappa shape index (κ2) is 4.89. The summed E-state index contributed by atoms with van der Waals surface area (Å²) in [4.78, 5) is 5.77. The van der Waals surface area contributed by atoms with Gasteiger partial charge in [-0.05, 0) is 31.2 Å². The molecular weight excluding hydrogens is 238 g/mol. The zero-order chi connectivity index (χ0) is 11.5. The van der Waals surface area contributed by atoms with Gasteiger partial charge in [0, 0.05) is 16.2 Å². The Morgan fingerprint density at radius 2 is 2.00 bits per heavy atom. The number of thiol groups is 1. The number of aromatic nitrogens is 1. The Morgan fingerprint density at radius 1 is 1.31 bits per heavy atom. The van der Waals surface area contributed by atoms with Crippen molar-refractivity contribution in [1.82, 2.24) is 4.98 Å². The van der Waals surface area contributed by atoms with E-state index >= 15 is 0 Å². The van der Waals surface area contributed by atoms with Crippen LogP contribution in [-0.2, 0) is 5.75 Å². The Balaban J connectivity index is 2.34. The summed E-state index contributed by atoms with van der Waals surface area (Å²) in [5.74, 6) is 1.62. The molecule has 1 aromatic heterocycles. The third-order valence-corrected chi connectivity index (χ3v) is 4.11. The zero-order valence-corrected chi connectivity index (χ0v) is 10.9. The van der Waals surface area contributed by atoms with Gasteiger partial charge in [-0.3, -0.25) is 0 Å². The molecule has 1 heterocycles. The minimum Gasteiger partial charge on any atom is -0.497 e. The molecule has 2 aromatic rings. The number of aryl methyl sites for hydroxylation is 1.